The molecule has 0 bridgehead atoms. The number of benzene rings is 3. The monoisotopic (exact) mass is 1050 g/mol. The molecule has 22 heteroatoms. The molecule has 17 N–H and O–H groups in total. The van der Waals surface area contributed by atoms with Crippen molar-refractivity contribution >= 4 is 29.6 Å². The van der Waals surface area contributed by atoms with Crippen molar-refractivity contribution in [2.45, 2.75) is 111 Å². The number of phenolic OH excluding ortho intramolecular Hbond substituents is 3. The van der Waals surface area contributed by atoms with Gasteiger partial charge in [-0.2, -0.15) is 0 Å². The lowest BCUT2D eigenvalue weighted by Gasteiger charge is -2.60. The SMILES string of the molecule is NC(N)=NCCC[C@H](O)CCC1=C[C@]2(C(=O)O)[C@@H](c3cc(O)c(O[C@]4(O)O[C@H](CO)[C@@H](O)[C@H](O)[C@H]4O)cc3N2C(=O)/C=C/c2ccc(O)c(Cc3cnc[nH]3)c2)[C@H]1[C@]12c3c(O)cccc3CC[C@H]1CC[C@@H](CO)[C@H]2CO. The zero-order chi connectivity index (χ0) is 54.4. The number of allylic oxidation sites excluding steroid dienone is 1. The maximum atomic E-state index is 15.5. The zero-order valence-corrected chi connectivity index (χ0v) is 41.5. The number of aliphatic imine (C=N–C) groups is 1. The summed E-state index contributed by atoms with van der Waals surface area (Å²) in [4.78, 5) is 42.5. The molecule has 13 atom stereocenters. The van der Waals surface area contributed by atoms with E-state index in [2.05, 4.69) is 15.0 Å². The number of aromatic hydroxyl groups is 3. The molecule has 0 spiro atoms. The van der Waals surface area contributed by atoms with E-state index in [0.717, 1.165) is 28.7 Å². The summed E-state index contributed by atoms with van der Waals surface area (Å²) in [6.07, 6.45) is 0.984. The van der Waals surface area contributed by atoms with Crippen LogP contribution in [0.2, 0.25) is 0 Å². The maximum absolute atomic E-state index is 15.5. The van der Waals surface area contributed by atoms with E-state index in [0.29, 0.717) is 60.1 Å². The number of nitrogens with one attached hydrogen (secondary N) is 1. The molecule has 1 saturated heterocycles. The molecule has 1 aromatic heterocycles. The summed E-state index contributed by atoms with van der Waals surface area (Å²) in [6.45, 7) is -1.61. The van der Waals surface area contributed by atoms with Crippen LogP contribution in [0.15, 0.2) is 83.8 Å². The number of imidazole rings is 1. The Morgan fingerprint density at radius 2 is 1.74 bits per heavy atom. The molecule has 9 rings (SSSR count). The van der Waals surface area contributed by atoms with Crippen LogP contribution in [0.25, 0.3) is 6.08 Å². The van der Waals surface area contributed by atoms with Crippen molar-refractivity contribution in [3.8, 4) is 23.0 Å². The summed E-state index contributed by atoms with van der Waals surface area (Å²) in [5.41, 5.74) is 10.4. The number of aromatic nitrogens is 2. The number of carboxylic acids is 1. The Labute approximate surface area is 436 Å². The van der Waals surface area contributed by atoms with Crippen molar-refractivity contribution in [2.24, 2.45) is 40.1 Å². The Kier molecular flexibility index (Phi) is 15.3. The Balaban J connectivity index is 1.26. The number of carboxylic acid groups (broad SMARTS) is 1. The molecule has 1 saturated carbocycles. The Bertz CT molecular complexity index is 2890. The first kappa shape index (κ1) is 54.2. The first-order chi connectivity index (χ1) is 36.3. The van der Waals surface area contributed by atoms with Crippen LogP contribution in [0.1, 0.15) is 84.4 Å². The number of ether oxygens (including phenoxy) is 2. The van der Waals surface area contributed by atoms with Gasteiger partial charge in [-0.1, -0.05) is 23.8 Å². The number of hydrogen-bond acceptors (Lipinski definition) is 17. The van der Waals surface area contributed by atoms with Gasteiger partial charge in [-0.15, -0.1) is 0 Å². The molecule has 0 radical (unpaired) electrons. The van der Waals surface area contributed by atoms with Crippen molar-refractivity contribution < 1.29 is 80.3 Å². The van der Waals surface area contributed by atoms with Gasteiger partial charge in [0, 0.05) is 78.6 Å². The van der Waals surface area contributed by atoms with Gasteiger partial charge in [0.05, 0.1) is 24.7 Å². The van der Waals surface area contributed by atoms with Crippen LogP contribution in [-0.4, -0.2) is 157 Å². The summed E-state index contributed by atoms with van der Waals surface area (Å²) in [7, 11) is 0. The number of hydrogen-bond donors (Lipinski definition) is 15. The van der Waals surface area contributed by atoms with Gasteiger partial charge in [-0.05, 0) is 122 Å². The van der Waals surface area contributed by atoms with Crippen LogP contribution in [-0.2, 0) is 32.6 Å². The molecule has 4 aromatic rings. The van der Waals surface area contributed by atoms with Gasteiger partial charge in [0.15, 0.2) is 29.1 Å². The second kappa shape index (κ2) is 21.4. The number of guanidine groups is 1. The lowest BCUT2D eigenvalue weighted by Crippen LogP contribution is -2.67. The molecule has 408 valence electrons. The van der Waals surface area contributed by atoms with E-state index in [4.69, 9.17) is 20.9 Å². The standard InChI is InChI=1S/C54H66N6O16/c55-51(56)58-16-2-4-34(64)13-10-29-21-52(50(72)73)46(45(29)53-32(12-9-30(23-61)36(53)24-62)11-8-28-3-1-5-39(66)44(28)53)35-19-40(67)41(75-54(74)49(71)48(70)47(69)42(25-63)76-54)20-37(35)60(52)43(68)15-7-27-6-14-38(65)31(17-27)18-33-22-57-26-59-33/h1,3,5-7,14-15,17,19-22,26,30,32,34,36,42,45-49,61-67,69-71,74H,2,4,8-13,16,18,23-25H2,(H,57,59)(H,72,73)(H4,55,56,58)/b15-7+/t30-,32-,34-,36+,42+,45-,46-,47+,48-,49+,52+,53+,54-/m0/s1. The highest BCUT2D eigenvalue weighted by atomic mass is 16.8. The second-order valence-electron chi connectivity index (χ2n) is 20.8. The number of nitrogens with two attached hydrogens (primary N) is 2. The number of anilines is 1. The molecular weight excluding hydrogens is 989 g/mol. The third kappa shape index (κ3) is 9.23. The number of fused-ring (bicyclic) bond motifs is 6. The molecule has 3 aliphatic carbocycles. The number of carbonyl (C=O) groups excluding carboxylic acids is 1. The van der Waals surface area contributed by atoms with Gasteiger partial charge in [0.25, 0.3) is 5.91 Å². The topological polar surface area (TPSA) is 392 Å². The third-order valence-electron chi connectivity index (χ3n) is 16.6. The van der Waals surface area contributed by atoms with Crippen LogP contribution in [0, 0.1) is 23.7 Å². The fourth-order valence-electron chi connectivity index (χ4n) is 13.4. The number of aryl methyl sites for hydroxylation is 1. The number of aliphatic hydroxyl groups excluding tert-OH is 7. The largest absolute Gasteiger partial charge is 0.508 e. The number of phenols is 3. The number of aliphatic carboxylic acids is 1. The lowest BCUT2D eigenvalue weighted by atomic mass is 9.43. The number of H-pyrrole nitrogens is 1. The summed E-state index contributed by atoms with van der Waals surface area (Å²) in [6, 6.07) is 11.9. The molecule has 0 unspecified atom stereocenters. The number of amides is 1. The van der Waals surface area contributed by atoms with E-state index in [9.17, 15) is 66.1 Å². The predicted molar refractivity (Wildman–Crippen MR) is 271 cm³/mol. The molecule has 3 heterocycles. The van der Waals surface area contributed by atoms with Gasteiger partial charge in [-0.25, -0.2) is 9.78 Å². The van der Waals surface area contributed by atoms with E-state index < -0.39 is 108 Å². The first-order valence-electron chi connectivity index (χ1n) is 25.5. The van der Waals surface area contributed by atoms with Crippen molar-refractivity contribution in [3.05, 3.63) is 112 Å². The van der Waals surface area contributed by atoms with E-state index in [1.165, 1.54) is 30.6 Å². The quantitative estimate of drug-likeness (QED) is 0.0164. The van der Waals surface area contributed by atoms with E-state index in [1.54, 1.807) is 24.4 Å². The van der Waals surface area contributed by atoms with Crippen molar-refractivity contribution in [1.82, 2.24) is 9.97 Å². The maximum Gasteiger partial charge on any atom is 0.355 e. The van der Waals surface area contributed by atoms with Crippen molar-refractivity contribution in [3.63, 3.8) is 0 Å². The van der Waals surface area contributed by atoms with Gasteiger partial charge >= 0.3 is 11.9 Å². The van der Waals surface area contributed by atoms with E-state index in [1.807, 2.05) is 6.07 Å². The van der Waals surface area contributed by atoms with E-state index in [-0.39, 0.29) is 73.5 Å². The van der Waals surface area contributed by atoms with Gasteiger partial charge in [0.1, 0.15) is 29.8 Å². The van der Waals surface area contributed by atoms with Crippen molar-refractivity contribution in [2.75, 3.05) is 31.3 Å². The molecule has 1 amide bonds. The van der Waals surface area contributed by atoms with Crippen LogP contribution in [0.4, 0.5) is 5.69 Å². The Morgan fingerprint density at radius 3 is 2.43 bits per heavy atom. The second-order valence-corrected chi connectivity index (χ2v) is 20.8. The minimum atomic E-state index is -3.26. The Hall–Kier alpha value is -6.60. The molecule has 2 fully saturated rings. The number of rotatable bonds is 18. The van der Waals surface area contributed by atoms with Gasteiger partial charge in [-0.3, -0.25) is 14.7 Å². The summed E-state index contributed by atoms with van der Waals surface area (Å²) in [5, 5.41) is 136. The number of aromatic amines is 1. The normalized spacial score (nSPS) is 31.0. The summed E-state index contributed by atoms with van der Waals surface area (Å²) < 4.78 is 11.1. The van der Waals surface area contributed by atoms with Gasteiger partial charge in [0.2, 0.25) is 0 Å². The van der Waals surface area contributed by atoms with Crippen LogP contribution in [0.5, 0.6) is 23.0 Å². The molecule has 2 aliphatic heterocycles. The average Bonchev–Trinajstić information content (AvgIpc) is 4.18. The Morgan fingerprint density at radius 1 is 0.947 bits per heavy atom. The van der Waals surface area contributed by atoms with Crippen LogP contribution >= 0.6 is 0 Å². The van der Waals surface area contributed by atoms with E-state index >= 15 is 4.79 Å². The predicted octanol–water partition coefficient (Wildman–Crippen LogP) is 0.845. The number of aliphatic hydroxyl groups is 8. The fraction of sp³-hybridized carbons (Fsp3) is 0.481. The highest BCUT2D eigenvalue weighted by molar-refractivity contribution is 6.13. The minimum absolute atomic E-state index is 0.0362. The molecule has 5 aliphatic rings. The van der Waals surface area contributed by atoms with Crippen LogP contribution < -0.4 is 21.1 Å². The van der Waals surface area contributed by atoms with Crippen LogP contribution in [0.3, 0.4) is 0 Å². The zero-order valence-electron chi connectivity index (χ0n) is 41.5. The summed E-state index contributed by atoms with van der Waals surface area (Å²) >= 11 is 0. The average molecular weight is 1060 g/mol. The molecule has 3 aromatic carbocycles. The fourth-order valence-corrected chi connectivity index (χ4v) is 13.4. The molecular formula is C54H66N6O16. The summed E-state index contributed by atoms with van der Waals surface area (Å²) in [5.74, 6) is -11.7. The highest BCUT2D eigenvalue weighted by Crippen LogP contribution is 2.71. The number of carbonyl (C=O) groups is 2. The minimum Gasteiger partial charge on any atom is -0.508 e. The highest BCUT2D eigenvalue weighted by Gasteiger charge is 2.71. The molecule has 76 heavy (non-hydrogen) atoms. The van der Waals surface area contributed by atoms with Gasteiger partial charge < -0.3 is 87.2 Å². The first-order valence-corrected chi connectivity index (χ1v) is 25.5. The lowest BCUT2D eigenvalue weighted by molar-refractivity contribution is -0.422. The molecule has 22 nitrogen and oxygen atoms in total. The third-order valence-corrected chi connectivity index (χ3v) is 16.6. The van der Waals surface area contributed by atoms with Crippen molar-refractivity contribution in [1.29, 1.82) is 0 Å². The smallest absolute Gasteiger partial charge is 0.355 e. The number of nitrogens with zero attached hydrogens (tertiary/aromatic N) is 3.